The molecular weight excluding hydrogens is 490 g/mol. The molecule has 4 aromatic rings. The lowest BCUT2D eigenvalue weighted by atomic mass is 9.96. The molecule has 37 heavy (non-hydrogen) atoms. The van der Waals surface area contributed by atoms with Gasteiger partial charge in [0, 0.05) is 30.6 Å². The van der Waals surface area contributed by atoms with Crippen LogP contribution in [0.3, 0.4) is 0 Å². The fourth-order valence-electron chi connectivity index (χ4n) is 4.68. The summed E-state index contributed by atoms with van der Waals surface area (Å²) in [6.45, 7) is 5.11. The minimum atomic E-state index is -0.624. The van der Waals surface area contributed by atoms with E-state index in [0.717, 1.165) is 34.2 Å². The Morgan fingerprint density at radius 2 is 2.03 bits per heavy atom. The molecule has 0 saturated carbocycles. The van der Waals surface area contributed by atoms with Gasteiger partial charge >= 0.3 is 0 Å². The number of nitrogens with one attached hydrogen (secondary N) is 2. The summed E-state index contributed by atoms with van der Waals surface area (Å²) in [5, 5.41) is 5.16. The molecular formula is C27H25N5O4S. The van der Waals surface area contributed by atoms with Gasteiger partial charge in [-0.25, -0.2) is 4.98 Å². The number of fused-ring (bicyclic) bond motifs is 2. The molecule has 0 unspecified atom stereocenters. The van der Waals surface area contributed by atoms with E-state index in [0.29, 0.717) is 29.0 Å². The molecule has 10 heteroatoms. The quantitative estimate of drug-likeness (QED) is 0.265. The van der Waals surface area contributed by atoms with Crippen molar-refractivity contribution in [1.29, 1.82) is 0 Å². The van der Waals surface area contributed by atoms with Crippen molar-refractivity contribution in [2.45, 2.75) is 33.4 Å². The monoisotopic (exact) mass is 515 g/mol. The van der Waals surface area contributed by atoms with Gasteiger partial charge < -0.3 is 20.9 Å². The number of allylic oxidation sites excluding steroid dienone is 4. The zero-order valence-corrected chi connectivity index (χ0v) is 21.2. The zero-order chi connectivity index (χ0) is 26.3. The van der Waals surface area contributed by atoms with E-state index in [4.69, 9.17) is 5.73 Å². The Morgan fingerprint density at radius 3 is 2.76 bits per heavy atom. The second-order valence-corrected chi connectivity index (χ2v) is 9.72. The van der Waals surface area contributed by atoms with Crippen LogP contribution in [0.25, 0.3) is 15.8 Å². The lowest BCUT2D eigenvalue weighted by Crippen LogP contribution is -2.44. The molecule has 3 heterocycles. The number of H-pyrrole nitrogens is 1. The van der Waals surface area contributed by atoms with Crippen molar-refractivity contribution in [2.24, 2.45) is 0 Å². The van der Waals surface area contributed by atoms with Crippen LogP contribution in [-0.2, 0) is 19.5 Å². The van der Waals surface area contributed by atoms with Crippen LogP contribution in [0, 0.1) is 0 Å². The minimum Gasteiger partial charge on any atom is -0.394 e. The SMILES string of the molecule is CC=CC(=CC)c1csc2nc(C(=O)NCc3ccc4c(c3)CN(c3c(N)c(=O)c3=O)CC4)[nH]c(=O)c12. The highest BCUT2D eigenvalue weighted by Gasteiger charge is 2.27. The number of nitrogens with zero attached hydrogens (tertiary/aromatic N) is 2. The number of carbonyl (C=O) groups excluding carboxylic acids is 1. The van der Waals surface area contributed by atoms with Gasteiger partial charge in [0.15, 0.2) is 0 Å². The number of carbonyl (C=O) groups is 1. The number of amides is 1. The molecule has 1 aliphatic heterocycles. The maximum absolute atomic E-state index is 12.8. The molecule has 188 valence electrons. The first-order valence-corrected chi connectivity index (χ1v) is 12.7. The van der Waals surface area contributed by atoms with E-state index in [2.05, 4.69) is 15.3 Å². The summed E-state index contributed by atoms with van der Waals surface area (Å²) in [4.78, 5) is 58.5. The van der Waals surface area contributed by atoms with E-state index < -0.39 is 16.8 Å². The van der Waals surface area contributed by atoms with E-state index in [-0.39, 0.29) is 23.6 Å². The van der Waals surface area contributed by atoms with Crippen LogP contribution in [0.15, 0.2) is 56.2 Å². The van der Waals surface area contributed by atoms with Crippen LogP contribution in [0.2, 0.25) is 0 Å². The van der Waals surface area contributed by atoms with Gasteiger partial charge in [-0.3, -0.25) is 19.2 Å². The van der Waals surface area contributed by atoms with Gasteiger partial charge in [-0.05, 0) is 42.5 Å². The van der Waals surface area contributed by atoms with Crippen molar-refractivity contribution in [1.82, 2.24) is 15.3 Å². The van der Waals surface area contributed by atoms with Crippen molar-refractivity contribution in [3.05, 3.63) is 101 Å². The predicted molar refractivity (Wildman–Crippen MR) is 147 cm³/mol. The minimum absolute atomic E-state index is 0.0250. The van der Waals surface area contributed by atoms with E-state index in [9.17, 15) is 19.2 Å². The Hall–Kier alpha value is -4.31. The maximum atomic E-state index is 12.8. The van der Waals surface area contributed by atoms with E-state index in [1.807, 2.05) is 60.6 Å². The molecule has 1 aliphatic rings. The Morgan fingerprint density at radius 1 is 1.22 bits per heavy atom. The summed E-state index contributed by atoms with van der Waals surface area (Å²) < 4.78 is 0. The topological polar surface area (TPSA) is 138 Å². The molecule has 0 atom stereocenters. The maximum Gasteiger partial charge on any atom is 0.287 e. The number of aromatic amines is 1. The number of hydrogen-bond donors (Lipinski definition) is 3. The predicted octanol–water partition coefficient (Wildman–Crippen LogP) is 2.63. The molecule has 0 aliphatic carbocycles. The van der Waals surface area contributed by atoms with E-state index >= 15 is 0 Å². The van der Waals surface area contributed by atoms with Gasteiger partial charge in [0.1, 0.15) is 16.2 Å². The van der Waals surface area contributed by atoms with Crippen LogP contribution >= 0.6 is 11.3 Å². The fourth-order valence-corrected chi connectivity index (χ4v) is 5.63. The smallest absolute Gasteiger partial charge is 0.287 e. The van der Waals surface area contributed by atoms with Crippen LogP contribution in [0.5, 0.6) is 0 Å². The van der Waals surface area contributed by atoms with Gasteiger partial charge in [-0.15, -0.1) is 11.3 Å². The standard InChI is InChI=1S/C27H25N5O4S/c1-3-5-15(4-2)18-13-37-27-19(18)25(35)30-24(31-27)26(36)29-11-14-6-7-16-8-9-32(12-17(16)10-14)21-20(28)22(33)23(21)34/h3-7,10,13H,8-9,11-12,28H2,1-2H3,(H,29,36)(H,30,31,35). The first kappa shape index (κ1) is 24.4. The molecule has 0 bridgehead atoms. The first-order chi connectivity index (χ1) is 17.8. The first-order valence-electron chi connectivity index (χ1n) is 11.9. The summed E-state index contributed by atoms with van der Waals surface area (Å²) in [6.07, 6.45) is 6.47. The largest absolute Gasteiger partial charge is 0.394 e. The molecule has 2 aromatic heterocycles. The summed E-state index contributed by atoms with van der Waals surface area (Å²) >= 11 is 1.32. The summed E-state index contributed by atoms with van der Waals surface area (Å²) in [7, 11) is 0. The van der Waals surface area contributed by atoms with Crippen LogP contribution in [0.4, 0.5) is 11.4 Å². The average molecular weight is 516 g/mol. The number of nitrogen functional groups attached to an aromatic ring is 1. The third-order valence-corrected chi connectivity index (χ3v) is 7.47. The summed E-state index contributed by atoms with van der Waals surface area (Å²) in [5.74, 6) is -0.525. The second kappa shape index (κ2) is 9.62. The Balaban J connectivity index is 1.32. The normalized spacial score (nSPS) is 14.0. The van der Waals surface area contributed by atoms with Crippen molar-refractivity contribution >= 4 is 44.4 Å². The lowest BCUT2D eigenvalue weighted by Gasteiger charge is -2.32. The summed E-state index contributed by atoms with van der Waals surface area (Å²) in [6, 6.07) is 5.90. The number of thiophene rings is 1. The Labute approximate surface area is 215 Å². The Kier molecular flexibility index (Phi) is 6.34. The number of hydrogen-bond acceptors (Lipinski definition) is 8. The Bertz CT molecular complexity index is 1740. The number of anilines is 2. The molecule has 0 radical (unpaired) electrons. The number of aromatic nitrogens is 2. The second-order valence-electron chi connectivity index (χ2n) is 8.87. The molecule has 9 nitrogen and oxygen atoms in total. The third kappa shape index (κ3) is 4.29. The lowest BCUT2D eigenvalue weighted by molar-refractivity contribution is 0.0940. The molecule has 4 N–H and O–H groups in total. The molecule has 0 spiro atoms. The van der Waals surface area contributed by atoms with Crippen molar-refractivity contribution in [3.8, 4) is 0 Å². The highest BCUT2D eigenvalue weighted by Crippen LogP contribution is 2.29. The molecule has 0 saturated heterocycles. The van der Waals surface area contributed by atoms with Gasteiger partial charge in [0.25, 0.3) is 22.3 Å². The van der Waals surface area contributed by atoms with Gasteiger partial charge in [0.05, 0.1) is 5.39 Å². The van der Waals surface area contributed by atoms with Gasteiger partial charge in [0.2, 0.25) is 5.82 Å². The van der Waals surface area contributed by atoms with Crippen LogP contribution < -0.4 is 32.4 Å². The number of rotatable bonds is 6. The van der Waals surface area contributed by atoms with Crippen molar-refractivity contribution < 1.29 is 4.79 Å². The van der Waals surface area contributed by atoms with Gasteiger partial charge in [-0.2, -0.15) is 0 Å². The molecule has 2 aromatic carbocycles. The van der Waals surface area contributed by atoms with Crippen LogP contribution in [0.1, 0.15) is 46.7 Å². The summed E-state index contributed by atoms with van der Waals surface area (Å²) in [5.41, 5.74) is 9.25. The fraction of sp³-hybridized carbons (Fsp3) is 0.222. The van der Waals surface area contributed by atoms with E-state index in [1.54, 1.807) is 0 Å². The molecule has 1 amide bonds. The van der Waals surface area contributed by atoms with Crippen molar-refractivity contribution in [3.63, 3.8) is 0 Å². The number of benzene rings is 1. The van der Waals surface area contributed by atoms with Gasteiger partial charge in [-0.1, -0.05) is 36.4 Å². The van der Waals surface area contributed by atoms with Crippen LogP contribution in [-0.4, -0.2) is 22.4 Å². The van der Waals surface area contributed by atoms with E-state index in [1.165, 1.54) is 11.3 Å². The molecule has 0 fully saturated rings. The highest BCUT2D eigenvalue weighted by molar-refractivity contribution is 7.17. The molecule has 5 rings (SSSR count). The zero-order valence-electron chi connectivity index (χ0n) is 20.4. The highest BCUT2D eigenvalue weighted by atomic mass is 32.1. The van der Waals surface area contributed by atoms with Crippen molar-refractivity contribution in [2.75, 3.05) is 17.2 Å². The average Bonchev–Trinajstić information content (AvgIpc) is 3.34. The number of nitrogens with two attached hydrogens (primary N) is 1. The third-order valence-electron chi connectivity index (χ3n) is 6.60.